The number of carbonyl (C=O) groups is 2. The van der Waals surface area contributed by atoms with Gasteiger partial charge >= 0.3 is 6.03 Å². The van der Waals surface area contributed by atoms with E-state index in [1.807, 2.05) is 31.2 Å². The number of carbonyl (C=O) groups excluding carboxylic acids is 2. The maximum Gasteiger partial charge on any atom is 0.321 e. The molecule has 8 heteroatoms. The van der Waals surface area contributed by atoms with Gasteiger partial charge in [-0.1, -0.05) is 23.9 Å². The molecule has 2 aromatic rings. The molecular formula is C16H21N5O2S. The monoisotopic (exact) mass is 347 g/mol. The molecule has 1 unspecified atom stereocenters. The van der Waals surface area contributed by atoms with Gasteiger partial charge in [0.15, 0.2) is 5.16 Å². The van der Waals surface area contributed by atoms with E-state index in [1.165, 1.54) is 11.8 Å². The van der Waals surface area contributed by atoms with Gasteiger partial charge in [-0.3, -0.25) is 10.1 Å². The molecule has 0 radical (unpaired) electrons. The van der Waals surface area contributed by atoms with Gasteiger partial charge in [-0.05, 0) is 32.9 Å². The summed E-state index contributed by atoms with van der Waals surface area (Å²) in [7, 11) is 0. The average molecular weight is 347 g/mol. The number of urea groups is 1. The fourth-order valence-corrected chi connectivity index (χ4v) is 2.82. The topological polar surface area (TPSA) is 96.0 Å². The summed E-state index contributed by atoms with van der Waals surface area (Å²) in [5.74, 6) is 0.356. The van der Waals surface area contributed by atoms with Crippen molar-refractivity contribution in [1.82, 2.24) is 20.6 Å². The summed E-state index contributed by atoms with van der Waals surface area (Å²) in [6.45, 7) is 6.68. The second-order valence-corrected chi connectivity index (χ2v) is 6.32. The molecule has 1 aromatic heterocycles. The molecule has 2 rings (SSSR count). The van der Waals surface area contributed by atoms with Crippen LogP contribution in [0.5, 0.6) is 0 Å². The standard InChI is InChI=1S/C16H21N5O2S/c1-4-17-13-11-8-6-7-9-12(11)19-16(20-13)24-10(3)14(22)21-15(23)18-5-2/h6-10H,4-5H2,1-3H3,(H,17,19,20)(H2,18,21,22,23). The predicted octanol–water partition coefficient (Wildman–Crippen LogP) is 2.39. The van der Waals surface area contributed by atoms with Gasteiger partial charge < -0.3 is 10.6 Å². The Hall–Kier alpha value is -2.35. The van der Waals surface area contributed by atoms with E-state index in [2.05, 4.69) is 25.9 Å². The fraction of sp³-hybridized carbons (Fsp3) is 0.375. The summed E-state index contributed by atoms with van der Waals surface area (Å²) in [4.78, 5) is 32.4. The Labute approximate surface area is 145 Å². The van der Waals surface area contributed by atoms with E-state index < -0.39 is 11.3 Å². The molecule has 0 saturated carbocycles. The highest BCUT2D eigenvalue weighted by molar-refractivity contribution is 8.00. The Kier molecular flexibility index (Phi) is 6.36. The minimum Gasteiger partial charge on any atom is -0.370 e. The normalized spacial score (nSPS) is 11.8. The molecule has 1 atom stereocenters. The predicted molar refractivity (Wildman–Crippen MR) is 96.2 cm³/mol. The number of anilines is 1. The SMILES string of the molecule is CCNC(=O)NC(=O)C(C)Sc1nc(NCC)c2ccccc2n1. The van der Waals surface area contributed by atoms with Crippen molar-refractivity contribution in [3.63, 3.8) is 0 Å². The molecule has 0 fully saturated rings. The third-order valence-corrected chi connectivity index (χ3v) is 4.11. The molecule has 1 aromatic carbocycles. The van der Waals surface area contributed by atoms with Crippen LogP contribution in [0.15, 0.2) is 29.4 Å². The largest absolute Gasteiger partial charge is 0.370 e. The number of imide groups is 1. The molecule has 0 bridgehead atoms. The molecule has 3 amide bonds. The lowest BCUT2D eigenvalue weighted by atomic mass is 10.2. The number of hydrogen-bond donors (Lipinski definition) is 3. The van der Waals surface area contributed by atoms with Gasteiger partial charge in [-0.25, -0.2) is 14.8 Å². The first-order valence-electron chi connectivity index (χ1n) is 7.81. The molecule has 7 nitrogen and oxygen atoms in total. The number of fused-ring (bicyclic) bond motifs is 1. The first-order chi connectivity index (χ1) is 11.5. The molecule has 0 spiro atoms. The van der Waals surface area contributed by atoms with Gasteiger partial charge in [0.1, 0.15) is 5.82 Å². The lowest BCUT2D eigenvalue weighted by Crippen LogP contribution is -2.42. The first kappa shape index (κ1) is 18.0. The Bertz CT molecular complexity index is 737. The maximum atomic E-state index is 12.0. The summed E-state index contributed by atoms with van der Waals surface area (Å²) >= 11 is 1.21. The van der Waals surface area contributed by atoms with Crippen LogP contribution < -0.4 is 16.0 Å². The van der Waals surface area contributed by atoms with E-state index >= 15 is 0 Å². The van der Waals surface area contributed by atoms with Crippen LogP contribution in [0.2, 0.25) is 0 Å². The smallest absolute Gasteiger partial charge is 0.321 e. The Morgan fingerprint density at radius 1 is 1.17 bits per heavy atom. The van der Waals surface area contributed by atoms with Crippen molar-refractivity contribution in [2.75, 3.05) is 18.4 Å². The number of amides is 3. The van der Waals surface area contributed by atoms with E-state index in [-0.39, 0.29) is 5.91 Å². The van der Waals surface area contributed by atoms with Gasteiger partial charge in [0.05, 0.1) is 10.8 Å². The number of benzene rings is 1. The Morgan fingerprint density at radius 3 is 2.62 bits per heavy atom. The highest BCUT2D eigenvalue weighted by Gasteiger charge is 2.19. The molecular weight excluding hydrogens is 326 g/mol. The average Bonchev–Trinajstić information content (AvgIpc) is 2.55. The van der Waals surface area contributed by atoms with Gasteiger partial charge in [-0.15, -0.1) is 0 Å². The Morgan fingerprint density at radius 2 is 1.92 bits per heavy atom. The summed E-state index contributed by atoms with van der Waals surface area (Å²) in [6.07, 6.45) is 0. The van der Waals surface area contributed by atoms with Gasteiger partial charge in [0.25, 0.3) is 0 Å². The number of nitrogens with zero attached hydrogens (tertiary/aromatic N) is 2. The van der Waals surface area contributed by atoms with Gasteiger partial charge in [-0.2, -0.15) is 0 Å². The van der Waals surface area contributed by atoms with E-state index in [9.17, 15) is 9.59 Å². The molecule has 0 aliphatic rings. The van der Waals surface area contributed by atoms with Crippen molar-refractivity contribution in [2.45, 2.75) is 31.2 Å². The maximum absolute atomic E-state index is 12.0. The second-order valence-electron chi connectivity index (χ2n) is 5.01. The number of aromatic nitrogens is 2. The van der Waals surface area contributed by atoms with Gasteiger partial charge in [0, 0.05) is 18.5 Å². The quantitative estimate of drug-likeness (QED) is 0.548. The van der Waals surface area contributed by atoms with E-state index in [1.54, 1.807) is 13.8 Å². The minimum absolute atomic E-state index is 0.382. The van der Waals surface area contributed by atoms with Crippen LogP contribution >= 0.6 is 11.8 Å². The van der Waals surface area contributed by atoms with Crippen molar-refractivity contribution in [1.29, 1.82) is 0 Å². The number of nitrogens with one attached hydrogen (secondary N) is 3. The van der Waals surface area contributed by atoms with Crippen molar-refractivity contribution in [3.05, 3.63) is 24.3 Å². The van der Waals surface area contributed by atoms with E-state index in [0.717, 1.165) is 23.3 Å². The molecule has 0 saturated heterocycles. The number of rotatable bonds is 6. The third-order valence-electron chi connectivity index (χ3n) is 3.15. The number of para-hydroxylation sites is 1. The molecule has 3 N–H and O–H groups in total. The second kappa shape index (κ2) is 8.49. The van der Waals surface area contributed by atoms with Crippen molar-refractivity contribution < 1.29 is 9.59 Å². The zero-order valence-corrected chi connectivity index (χ0v) is 14.7. The molecule has 1 heterocycles. The van der Waals surface area contributed by atoms with Crippen LogP contribution in [-0.2, 0) is 4.79 Å². The molecule has 0 aliphatic carbocycles. The van der Waals surface area contributed by atoms with Crippen molar-refractivity contribution in [2.24, 2.45) is 0 Å². The van der Waals surface area contributed by atoms with E-state index in [4.69, 9.17) is 0 Å². The van der Waals surface area contributed by atoms with Crippen LogP contribution in [0, 0.1) is 0 Å². The van der Waals surface area contributed by atoms with E-state index in [0.29, 0.717) is 11.7 Å². The van der Waals surface area contributed by atoms with Crippen LogP contribution in [0.25, 0.3) is 10.9 Å². The minimum atomic E-state index is -0.497. The molecule has 128 valence electrons. The first-order valence-corrected chi connectivity index (χ1v) is 8.69. The summed E-state index contributed by atoms with van der Waals surface area (Å²) in [6, 6.07) is 7.20. The van der Waals surface area contributed by atoms with Crippen LogP contribution in [-0.4, -0.2) is 40.2 Å². The molecule has 0 aliphatic heterocycles. The molecule has 24 heavy (non-hydrogen) atoms. The van der Waals surface area contributed by atoms with Gasteiger partial charge in [0.2, 0.25) is 5.91 Å². The third kappa shape index (κ3) is 4.58. The summed E-state index contributed by atoms with van der Waals surface area (Å²) in [5, 5.41) is 8.96. The zero-order valence-electron chi connectivity index (χ0n) is 13.9. The zero-order chi connectivity index (χ0) is 17.5. The highest BCUT2D eigenvalue weighted by atomic mass is 32.2. The summed E-state index contributed by atoms with van der Waals surface area (Å²) in [5.41, 5.74) is 0.808. The number of hydrogen-bond acceptors (Lipinski definition) is 6. The highest BCUT2D eigenvalue weighted by Crippen LogP contribution is 2.26. The van der Waals surface area contributed by atoms with Crippen molar-refractivity contribution in [3.8, 4) is 0 Å². The van der Waals surface area contributed by atoms with Crippen LogP contribution in [0.3, 0.4) is 0 Å². The lowest BCUT2D eigenvalue weighted by molar-refractivity contribution is -0.119. The number of thioether (sulfide) groups is 1. The fourth-order valence-electron chi connectivity index (χ4n) is 2.04. The van der Waals surface area contributed by atoms with Crippen molar-refractivity contribution >= 4 is 40.4 Å². The van der Waals surface area contributed by atoms with Crippen LogP contribution in [0.4, 0.5) is 10.6 Å². The Balaban J connectivity index is 2.16. The lowest BCUT2D eigenvalue weighted by Gasteiger charge is -2.12. The summed E-state index contributed by atoms with van der Waals surface area (Å²) < 4.78 is 0. The van der Waals surface area contributed by atoms with Crippen LogP contribution in [0.1, 0.15) is 20.8 Å².